The second kappa shape index (κ2) is 7.54. The predicted octanol–water partition coefficient (Wildman–Crippen LogP) is 3.32. The fourth-order valence-electron chi connectivity index (χ4n) is 1.73. The highest BCUT2D eigenvalue weighted by atomic mass is 32.1. The fraction of sp³-hybridized carbons (Fsp3) is 0.188. The Morgan fingerprint density at radius 3 is 2.11 bits per heavy atom. The largest absolute Gasteiger partial charge is 0.466 e. The first-order valence-electron chi connectivity index (χ1n) is 6.33. The molecular formula is C16H17NOS. The maximum absolute atomic E-state index is 5.49. The molecule has 0 aliphatic rings. The van der Waals surface area contributed by atoms with Gasteiger partial charge in [0.25, 0.3) is 5.17 Å². The predicted molar refractivity (Wildman–Crippen MR) is 82.0 cm³/mol. The molecule has 0 bridgehead atoms. The Morgan fingerprint density at radius 2 is 1.47 bits per heavy atom. The van der Waals surface area contributed by atoms with Gasteiger partial charge in [-0.15, -0.1) is 0 Å². The highest BCUT2D eigenvalue weighted by Crippen LogP contribution is 2.01. The zero-order valence-electron chi connectivity index (χ0n) is 10.7. The van der Waals surface area contributed by atoms with Crippen molar-refractivity contribution < 1.29 is 4.74 Å². The number of ether oxygens (including phenoxy) is 1. The zero-order chi connectivity index (χ0) is 13.3. The van der Waals surface area contributed by atoms with Gasteiger partial charge in [-0.2, -0.15) is 0 Å². The third-order valence-electron chi connectivity index (χ3n) is 2.74. The number of benzene rings is 2. The average molecular weight is 271 g/mol. The minimum Gasteiger partial charge on any atom is -0.466 e. The van der Waals surface area contributed by atoms with Gasteiger partial charge in [0.05, 0.1) is 0 Å². The zero-order valence-corrected chi connectivity index (χ0v) is 11.5. The molecule has 1 N–H and O–H groups in total. The lowest BCUT2D eigenvalue weighted by atomic mass is 10.1. The maximum Gasteiger partial charge on any atom is 0.256 e. The van der Waals surface area contributed by atoms with Crippen LogP contribution >= 0.6 is 12.2 Å². The van der Waals surface area contributed by atoms with Crippen LogP contribution in [0.4, 0.5) is 0 Å². The Balaban J connectivity index is 1.65. The molecular weight excluding hydrogens is 254 g/mol. The van der Waals surface area contributed by atoms with Crippen LogP contribution in [0.1, 0.15) is 11.1 Å². The summed E-state index contributed by atoms with van der Waals surface area (Å²) in [6.45, 7) is 1.30. The van der Waals surface area contributed by atoms with Crippen molar-refractivity contribution in [3.8, 4) is 0 Å². The summed E-state index contributed by atoms with van der Waals surface area (Å²) in [6.07, 6.45) is 0.940. The SMILES string of the molecule is S=C(NCCc1ccccc1)OCc1ccccc1. The van der Waals surface area contributed by atoms with E-state index in [1.54, 1.807) is 0 Å². The first kappa shape index (κ1) is 13.6. The molecule has 3 heteroatoms. The van der Waals surface area contributed by atoms with Crippen molar-refractivity contribution in [3.63, 3.8) is 0 Å². The van der Waals surface area contributed by atoms with Gasteiger partial charge in [0.2, 0.25) is 0 Å². The summed E-state index contributed by atoms with van der Waals surface area (Å²) in [5.41, 5.74) is 2.41. The first-order chi connectivity index (χ1) is 9.34. The molecule has 2 aromatic carbocycles. The van der Waals surface area contributed by atoms with Gasteiger partial charge in [0.1, 0.15) is 6.61 Å². The number of hydrogen-bond acceptors (Lipinski definition) is 2. The van der Waals surface area contributed by atoms with Gasteiger partial charge in [0, 0.05) is 6.54 Å². The van der Waals surface area contributed by atoms with Crippen LogP contribution in [0.3, 0.4) is 0 Å². The Kier molecular flexibility index (Phi) is 5.38. The van der Waals surface area contributed by atoms with E-state index in [-0.39, 0.29) is 0 Å². The minimum atomic E-state index is 0.458. The number of thiocarbonyl (C=S) groups is 1. The third kappa shape index (κ3) is 5.10. The number of hydrogen-bond donors (Lipinski definition) is 1. The normalized spacial score (nSPS) is 9.89. The monoisotopic (exact) mass is 271 g/mol. The molecule has 0 unspecified atom stereocenters. The van der Waals surface area contributed by atoms with Crippen molar-refractivity contribution in [2.75, 3.05) is 6.54 Å². The Hall–Kier alpha value is -1.87. The first-order valence-corrected chi connectivity index (χ1v) is 6.74. The second-order valence-corrected chi connectivity index (χ2v) is 4.59. The molecule has 0 radical (unpaired) electrons. The molecule has 0 aromatic heterocycles. The maximum atomic E-state index is 5.49. The van der Waals surface area contributed by atoms with Crippen LogP contribution in [0.5, 0.6) is 0 Å². The van der Waals surface area contributed by atoms with Gasteiger partial charge >= 0.3 is 0 Å². The quantitative estimate of drug-likeness (QED) is 0.843. The lowest BCUT2D eigenvalue weighted by Gasteiger charge is -2.09. The van der Waals surface area contributed by atoms with Crippen molar-refractivity contribution in [2.24, 2.45) is 0 Å². The molecule has 0 saturated carbocycles. The summed E-state index contributed by atoms with van der Waals surface area (Å²) < 4.78 is 5.49. The van der Waals surface area contributed by atoms with Crippen molar-refractivity contribution in [1.82, 2.24) is 5.32 Å². The van der Waals surface area contributed by atoms with Crippen LogP contribution in [0.2, 0.25) is 0 Å². The number of nitrogens with one attached hydrogen (secondary N) is 1. The number of rotatable bonds is 5. The van der Waals surface area contributed by atoms with Gasteiger partial charge in [0.15, 0.2) is 0 Å². The standard InChI is InChI=1S/C16H17NOS/c19-16(18-13-15-9-5-2-6-10-15)17-12-11-14-7-3-1-4-8-14/h1-10H,11-13H2,(H,17,19). The summed E-state index contributed by atoms with van der Waals surface area (Å²) in [6, 6.07) is 20.3. The van der Waals surface area contributed by atoms with E-state index in [0.717, 1.165) is 18.5 Å². The summed E-state index contributed by atoms with van der Waals surface area (Å²) in [4.78, 5) is 0. The van der Waals surface area contributed by atoms with Crippen LogP contribution in [-0.4, -0.2) is 11.7 Å². The summed E-state index contributed by atoms with van der Waals surface area (Å²) in [7, 11) is 0. The van der Waals surface area contributed by atoms with Gasteiger partial charge in [-0.1, -0.05) is 60.7 Å². The van der Waals surface area contributed by atoms with Gasteiger partial charge in [-0.25, -0.2) is 0 Å². The van der Waals surface area contributed by atoms with E-state index < -0.39 is 0 Å². The average Bonchev–Trinajstić information content (AvgIpc) is 2.47. The van der Waals surface area contributed by atoms with E-state index in [4.69, 9.17) is 17.0 Å². The van der Waals surface area contributed by atoms with Crippen LogP contribution in [-0.2, 0) is 17.8 Å². The van der Waals surface area contributed by atoms with E-state index in [9.17, 15) is 0 Å². The molecule has 0 atom stereocenters. The lowest BCUT2D eigenvalue weighted by molar-refractivity contribution is 0.286. The van der Waals surface area contributed by atoms with Gasteiger partial charge in [-0.3, -0.25) is 0 Å². The van der Waals surface area contributed by atoms with Gasteiger partial charge in [-0.05, 0) is 29.8 Å². The molecule has 98 valence electrons. The molecule has 0 aliphatic heterocycles. The van der Waals surface area contributed by atoms with E-state index in [1.165, 1.54) is 5.56 Å². The Morgan fingerprint density at radius 1 is 0.895 bits per heavy atom. The summed E-state index contributed by atoms with van der Waals surface area (Å²) in [5.74, 6) is 0. The van der Waals surface area contributed by atoms with Crippen molar-refractivity contribution >= 4 is 17.4 Å². The van der Waals surface area contributed by atoms with Crippen molar-refractivity contribution in [2.45, 2.75) is 13.0 Å². The molecule has 0 amide bonds. The highest BCUT2D eigenvalue weighted by Gasteiger charge is 1.98. The molecule has 2 rings (SSSR count). The van der Waals surface area contributed by atoms with E-state index >= 15 is 0 Å². The molecule has 0 aliphatic carbocycles. The molecule has 0 saturated heterocycles. The van der Waals surface area contributed by atoms with E-state index in [2.05, 4.69) is 17.4 Å². The summed E-state index contributed by atoms with van der Waals surface area (Å²) >= 11 is 5.14. The molecule has 0 heterocycles. The smallest absolute Gasteiger partial charge is 0.256 e. The van der Waals surface area contributed by atoms with Crippen molar-refractivity contribution in [3.05, 3.63) is 71.8 Å². The molecule has 2 nitrogen and oxygen atoms in total. The summed E-state index contributed by atoms with van der Waals surface area (Å²) in [5, 5.41) is 3.57. The topological polar surface area (TPSA) is 21.3 Å². The molecule has 0 fully saturated rings. The van der Waals surface area contributed by atoms with Crippen LogP contribution in [0.25, 0.3) is 0 Å². The lowest BCUT2D eigenvalue weighted by Crippen LogP contribution is -2.26. The Labute approximate surface area is 119 Å². The van der Waals surface area contributed by atoms with Crippen LogP contribution < -0.4 is 5.32 Å². The minimum absolute atomic E-state index is 0.458. The molecule has 0 spiro atoms. The highest BCUT2D eigenvalue weighted by molar-refractivity contribution is 7.80. The van der Waals surface area contributed by atoms with Gasteiger partial charge < -0.3 is 10.1 Å². The van der Waals surface area contributed by atoms with E-state index in [0.29, 0.717) is 11.8 Å². The fourth-order valence-corrected chi connectivity index (χ4v) is 1.89. The Bertz CT molecular complexity index is 499. The third-order valence-corrected chi connectivity index (χ3v) is 3.00. The second-order valence-electron chi connectivity index (χ2n) is 4.22. The van der Waals surface area contributed by atoms with Crippen molar-refractivity contribution in [1.29, 1.82) is 0 Å². The van der Waals surface area contributed by atoms with E-state index in [1.807, 2.05) is 48.5 Å². The van der Waals surface area contributed by atoms with Crippen LogP contribution in [0.15, 0.2) is 60.7 Å². The molecule has 19 heavy (non-hydrogen) atoms. The molecule has 2 aromatic rings. The van der Waals surface area contributed by atoms with Crippen LogP contribution in [0, 0.1) is 0 Å².